The number of carbonyl (C=O) groups is 1. The Morgan fingerprint density at radius 1 is 1.47 bits per heavy atom. The summed E-state index contributed by atoms with van der Waals surface area (Å²) < 4.78 is 5.03. The zero-order valence-corrected chi connectivity index (χ0v) is 11.6. The molecule has 0 heterocycles. The highest BCUT2D eigenvalue weighted by Gasteiger charge is 2.49. The van der Waals surface area contributed by atoms with Gasteiger partial charge in [-0.3, -0.25) is 4.79 Å². The smallest absolute Gasteiger partial charge is 0.324 e. The largest absolute Gasteiger partial charge is 0.465 e. The van der Waals surface area contributed by atoms with Crippen molar-refractivity contribution in [2.75, 3.05) is 6.61 Å². The highest BCUT2D eigenvalue weighted by atomic mass is 35.5. The quantitative estimate of drug-likeness (QED) is 0.792. The second-order valence-corrected chi connectivity index (χ2v) is 5.27. The second kappa shape index (κ2) is 5.63. The Morgan fingerprint density at radius 2 is 2.11 bits per heavy atom. The number of benzene rings is 1. The van der Waals surface area contributed by atoms with Crippen LogP contribution in [0.5, 0.6) is 0 Å². The van der Waals surface area contributed by atoms with Gasteiger partial charge < -0.3 is 4.74 Å². The van der Waals surface area contributed by atoms with Crippen molar-refractivity contribution >= 4 is 17.6 Å². The summed E-state index contributed by atoms with van der Waals surface area (Å²) in [5.74, 6) is -1.15. The van der Waals surface area contributed by atoms with E-state index in [1.165, 1.54) is 0 Å². The summed E-state index contributed by atoms with van der Waals surface area (Å²) in [5, 5.41) is 10.0. The van der Waals surface area contributed by atoms with Crippen LogP contribution < -0.4 is 0 Å². The fraction of sp³-hybridized carbons (Fsp3) is 0.467. The molecule has 19 heavy (non-hydrogen) atoms. The van der Waals surface area contributed by atoms with Gasteiger partial charge in [-0.05, 0) is 37.5 Å². The lowest BCUT2D eigenvalue weighted by Crippen LogP contribution is -2.45. The number of hydrogen-bond acceptors (Lipinski definition) is 3. The number of hydrogen-bond donors (Lipinski definition) is 0. The highest BCUT2D eigenvalue weighted by Crippen LogP contribution is 2.49. The summed E-state index contributed by atoms with van der Waals surface area (Å²) in [5.41, 5.74) is 0.605. The minimum Gasteiger partial charge on any atom is -0.465 e. The Bertz CT molecular complexity index is 500. The average molecular weight is 278 g/mol. The third-order valence-corrected chi connectivity index (χ3v) is 4.12. The van der Waals surface area contributed by atoms with Crippen LogP contribution in [0.15, 0.2) is 24.3 Å². The van der Waals surface area contributed by atoms with E-state index in [9.17, 15) is 10.1 Å². The molecular formula is C15H16ClNO2. The lowest BCUT2D eigenvalue weighted by molar-refractivity contribution is -0.149. The Balaban J connectivity index is 2.34. The molecule has 1 saturated carbocycles. The molecule has 4 heteroatoms. The molecule has 0 radical (unpaired) electrons. The molecule has 0 saturated heterocycles. The second-order valence-electron chi connectivity index (χ2n) is 4.83. The van der Waals surface area contributed by atoms with Crippen molar-refractivity contribution in [1.29, 1.82) is 5.26 Å². The summed E-state index contributed by atoms with van der Waals surface area (Å²) in [6.07, 6.45) is 2.71. The molecule has 1 unspecified atom stereocenters. The molecule has 0 N–H and O–H groups in total. The molecule has 1 aromatic rings. The van der Waals surface area contributed by atoms with Crippen LogP contribution in [-0.4, -0.2) is 12.6 Å². The van der Waals surface area contributed by atoms with Gasteiger partial charge in [0, 0.05) is 10.4 Å². The lowest BCUT2D eigenvalue weighted by Gasteiger charge is -2.44. The van der Waals surface area contributed by atoms with Crippen LogP contribution in [0.25, 0.3) is 0 Å². The van der Waals surface area contributed by atoms with Crippen LogP contribution in [-0.2, 0) is 14.9 Å². The SMILES string of the molecule is CCOC(=O)C(C#N)C1(c2ccc(Cl)cc2)CCC1. The summed E-state index contributed by atoms with van der Waals surface area (Å²) in [6.45, 7) is 2.05. The first-order valence-electron chi connectivity index (χ1n) is 6.46. The first kappa shape index (κ1) is 13.9. The van der Waals surface area contributed by atoms with E-state index in [0.29, 0.717) is 11.6 Å². The lowest BCUT2D eigenvalue weighted by atomic mass is 9.58. The minimum atomic E-state index is -0.734. The number of nitriles is 1. The normalized spacial score (nSPS) is 17.9. The van der Waals surface area contributed by atoms with E-state index >= 15 is 0 Å². The summed E-state index contributed by atoms with van der Waals surface area (Å²) in [6, 6.07) is 9.55. The first-order valence-corrected chi connectivity index (χ1v) is 6.84. The first-order chi connectivity index (χ1) is 9.14. The number of carbonyl (C=O) groups excluding carboxylic acids is 1. The van der Waals surface area contributed by atoms with Crippen molar-refractivity contribution in [3.05, 3.63) is 34.9 Å². The van der Waals surface area contributed by atoms with Crippen molar-refractivity contribution in [2.45, 2.75) is 31.6 Å². The summed E-state index contributed by atoms with van der Waals surface area (Å²) >= 11 is 5.89. The van der Waals surface area contributed by atoms with E-state index in [-0.39, 0.29) is 0 Å². The minimum absolute atomic E-state index is 0.299. The van der Waals surface area contributed by atoms with Crippen LogP contribution in [0, 0.1) is 17.2 Å². The highest BCUT2D eigenvalue weighted by molar-refractivity contribution is 6.30. The van der Waals surface area contributed by atoms with Crippen molar-refractivity contribution in [1.82, 2.24) is 0 Å². The Kier molecular flexibility index (Phi) is 4.11. The van der Waals surface area contributed by atoms with Crippen LogP contribution in [0.1, 0.15) is 31.7 Å². The molecule has 2 rings (SSSR count). The molecule has 0 aromatic heterocycles. The molecule has 0 aliphatic heterocycles. The molecule has 0 amide bonds. The molecule has 1 atom stereocenters. The summed E-state index contributed by atoms with van der Waals surface area (Å²) in [4.78, 5) is 12.0. The van der Waals surface area contributed by atoms with Crippen LogP contribution in [0.3, 0.4) is 0 Å². The van der Waals surface area contributed by atoms with Crippen molar-refractivity contribution in [3.8, 4) is 6.07 Å². The predicted molar refractivity (Wildman–Crippen MR) is 72.7 cm³/mol. The van der Waals surface area contributed by atoms with Gasteiger partial charge in [0.1, 0.15) is 0 Å². The van der Waals surface area contributed by atoms with Gasteiger partial charge in [-0.25, -0.2) is 0 Å². The van der Waals surface area contributed by atoms with E-state index in [1.807, 2.05) is 12.1 Å². The monoisotopic (exact) mass is 277 g/mol. The Labute approximate surface area is 118 Å². The molecule has 1 aliphatic rings. The van der Waals surface area contributed by atoms with Gasteiger partial charge in [0.05, 0.1) is 12.7 Å². The van der Waals surface area contributed by atoms with E-state index in [1.54, 1.807) is 19.1 Å². The van der Waals surface area contributed by atoms with Crippen LogP contribution >= 0.6 is 11.6 Å². The third kappa shape index (κ3) is 2.46. The molecule has 0 bridgehead atoms. The number of nitrogens with zero attached hydrogens (tertiary/aromatic N) is 1. The van der Waals surface area contributed by atoms with E-state index in [4.69, 9.17) is 16.3 Å². The topological polar surface area (TPSA) is 50.1 Å². The Hall–Kier alpha value is -1.53. The van der Waals surface area contributed by atoms with Gasteiger partial charge in [0.15, 0.2) is 5.92 Å². The molecule has 100 valence electrons. The molecule has 1 fully saturated rings. The third-order valence-electron chi connectivity index (χ3n) is 3.87. The van der Waals surface area contributed by atoms with Gasteiger partial charge in [0.2, 0.25) is 0 Å². The maximum atomic E-state index is 12.0. The maximum absolute atomic E-state index is 12.0. The molecular weight excluding hydrogens is 262 g/mol. The molecule has 1 aromatic carbocycles. The predicted octanol–water partition coefficient (Wildman–Crippen LogP) is 3.46. The average Bonchev–Trinajstić information content (AvgIpc) is 2.35. The summed E-state index contributed by atoms with van der Waals surface area (Å²) in [7, 11) is 0. The van der Waals surface area contributed by atoms with Gasteiger partial charge >= 0.3 is 5.97 Å². The van der Waals surface area contributed by atoms with E-state index in [0.717, 1.165) is 24.8 Å². The van der Waals surface area contributed by atoms with E-state index in [2.05, 4.69) is 6.07 Å². The van der Waals surface area contributed by atoms with Crippen molar-refractivity contribution in [2.24, 2.45) is 5.92 Å². The number of rotatable bonds is 4. The van der Waals surface area contributed by atoms with Gasteiger partial charge in [0.25, 0.3) is 0 Å². The standard InChI is InChI=1S/C15H16ClNO2/c1-2-19-14(18)13(10-17)15(8-3-9-15)11-4-6-12(16)7-5-11/h4-7,13H,2-3,8-9H2,1H3. The fourth-order valence-electron chi connectivity index (χ4n) is 2.71. The number of ether oxygens (including phenoxy) is 1. The van der Waals surface area contributed by atoms with Gasteiger partial charge in [-0.1, -0.05) is 30.2 Å². The molecule has 3 nitrogen and oxygen atoms in total. The zero-order valence-electron chi connectivity index (χ0n) is 10.9. The zero-order chi connectivity index (χ0) is 13.9. The molecule has 1 aliphatic carbocycles. The van der Waals surface area contributed by atoms with Crippen LogP contribution in [0.4, 0.5) is 0 Å². The maximum Gasteiger partial charge on any atom is 0.324 e. The van der Waals surface area contributed by atoms with E-state index < -0.39 is 17.3 Å². The van der Waals surface area contributed by atoms with Gasteiger partial charge in [-0.2, -0.15) is 5.26 Å². The Morgan fingerprint density at radius 3 is 2.53 bits per heavy atom. The van der Waals surface area contributed by atoms with Crippen LogP contribution in [0.2, 0.25) is 5.02 Å². The number of esters is 1. The van der Waals surface area contributed by atoms with Crippen molar-refractivity contribution in [3.63, 3.8) is 0 Å². The number of halogens is 1. The fourth-order valence-corrected chi connectivity index (χ4v) is 2.84. The van der Waals surface area contributed by atoms with Gasteiger partial charge in [-0.15, -0.1) is 0 Å². The molecule has 0 spiro atoms. The van der Waals surface area contributed by atoms with Crippen molar-refractivity contribution < 1.29 is 9.53 Å².